The van der Waals surface area contributed by atoms with Crippen LogP contribution >= 0.6 is 0 Å². The molecule has 0 aliphatic rings. The molecule has 2 aromatic carbocycles. The molecule has 2 N–H and O–H groups in total. The van der Waals surface area contributed by atoms with Gasteiger partial charge in [0.2, 0.25) is 0 Å². The van der Waals surface area contributed by atoms with Crippen LogP contribution < -0.4 is 10.1 Å². The van der Waals surface area contributed by atoms with Crippen LogP contribution in [0.1, 0.15) is 18.1 Å². The van der Waals surface area contributed by atoms with E-state index in [0.717, 1.165) is 12.0 Å². The Kier molecular flexibility index (Phi) is 5.58. The number of carbonyl (C=O) groups excluding carboxylic acids is 1. The average Bonchev–Trinajstić information content (AvgIpc) is 2.60. The van der Waals surface area contributed by atoms with Gasteiger partial charge in [-0.25, -0.2) is 0 Å². The minimum absolute atomic E-state index is 0.0659. The second-order valence-electron chi connectivity index (χ2n) is 5.06. The Labute approximate surface area is 140 Å². The predicted octanol–water partition coefficient (Wildman–Crippen LogP) is 3.51. The summed E-state index contributed by atoms with van der Waals surface area (Å²) in [5.74, 6) is -0.0954. The third kappa shape index (κ3) is 3.93. The molecule has 0 aliphatic carbocycles. The molecule has 5 heteroatoms. The number of aromatic hydroxyl groups is 1. The van der Waals surface area contributed by atoms with Crippen molar-refractivity contribution in [3.63, 3.8) is 0 Å². The quantitative estimate of drug-likeness (QED) is 0.652. The van der Waals surface area contributed by atoms with Gasteiger partial charge in [0.15, 0.2) is 0 Å². The summed E-state index contributed by atoms with van der Waals surface area (Å²) in [5, 5.41) is 22.0. The van der Waals surface area contributed by atoms with Crippen LogP contribution in [0.15, 0.2) is 48.0 Å². The largest absolute Gasteiger partial charge is 0.507 e. The molecule has 122 valence electrons. The molecule has 0 radical (unpaired) electrons. The molecular weight excluding hydrogens is 304 g/mol. The van der Waals surface area contributed by atoms with E-state index >= 15 is 0 Å². The van der Waals surface area contributed by atoms with Crippen molar-refractivity contribution in [2.75, 3.05) is 12.4 Å². The fraction of sp³-hybridized carbons (Fsp3) is 0.158. The van der Waals surface area contributed by atoms with Crippen LogP contribution in [0, 0.1) is 11.3 Å². The second kappa shape index (κ2) is 7.84. The van der Waals surface area contributed by atoms with Crippen molar-refractivity contribution in [2.24, 2.45) is 0 Å². The first-order valence-corrected chi connectivity index (χ1v) is 7.47. The molecule has 5 nitrogen and oxygen atoms in total. The summed E-state index contributed by atoms with van der Waals surface area (Å²) in [6.45, 7) is 1.99. The normalized spacial score (nSPS) is 10.8. The summed E-state index contributed by atoms with van der Waals surface area (Å²) in [4.78, 5) is 12.3. The van der Waals surface area contributed by atoms with Crippen molar-refractivity contribution in [3.8, 4) is 17.6 Å². The number of ether oxygens (including phenoxy) is 1. The van der Waals surface area contributed by atoms with Gasteiger partial charge >= 0.3 is 0 Å². The van der Waals surface area contributed by atoms with Gasteiger partial charge in [-0.05, 0) is 36.3 Å². The van der Waals surface area contributed by atoms with E-state index in [1.165, 1.54) is 19.3 Å². The van der Waals surface area contributed by atoms with Crippen molar-refractivity contribution in [1.82, 2.24) is 0 Å². The number of para-hydroxylation sites is 1. The number of hydrogen-bond donors (Lipinski definition) is 2. The lowest BCUT2D eigenvalue weighted by atomic mass is 10.1. The molecule has 2 rings (SSSR count). The topological polar surface area (TPSA) is 82.4 Å². The van der Waals surface area contributed by atoms with E-state index in [1.54, 1.807) is 18.2 Å². The number of amides is 1. The van der Waals surface area contributed by atoms with E-state index in [-0.39, 0.29) is 11.3 Å². The molecule has 0 unspecified atom stereocenters. The number of phenols is 1. The van der Waals surface area contributed by atoms with Crippen LogP contribution in [0.25, 0.3) is 6.08 Å². The first-order valence-electron chi connectivity index (χ1n) is 7.47. The Bertz CT molecular complexity index is 820. The van der Waals surface area contributed by atoms with Gasteiger partial charge in [0.25, 0.3) is 5.91 Å². The second-order valence-corrected chi connectivity index (χ2v) is 5.06. The Morgan fingerprint density at radius 2 is 2.08 bits per heavy atom. The van der Waals surface area contributed by atoms with Gasteiger partial charge in [-0.3, -0.25) is 4.79 Å². The van der Waals surface area contributed by atoms with Crippen LogP contribution in [0.4, 0.5) is 5.69 Å². The molecule has 0 saturated carbocycles. The minimum Gasteiger partial charge on any atom is -0.507 e. The molecule has 0 aliphatic heterocycles. The molecular formula is C19H18N2O3. The van der Waals surface area contributed by atoms with Gasteiger partial charge < -0.3 is 15.2 Å². The molecule has 1 amide bonds. The van der Waals surface area contributed by atoms with Crippen LogP contribution in [-0.4, -0.2) is 18.1 Å². The molecule has 0 heterocycles. The fourth-order valence-electron chi connectivity index (χ4n) is 2.22. The first-order chi connectivity index (χ1) is 11.6. The minimum atomic E-state index is -0.520. The zero-order chi connectivity index (χ0) is 17.5. The lowest BCUT2D eigenvalue weighted by molar-refractivity contribution is -0.112. The van der Waals surface area contributed by atoms with Gasteiger partial charge in [-0.15, -0.1) is 0 Å². The highest BCUT2D eigenvalue weighted by Gasteiger charge is 2.12. The zero-order valence-corrected chi connectivity index (χ0v) is 13.5. The van der Waals surface area contributed by atoms with Crippen LogP contribution in [0.5, 0.6) is 11.5 Å². The molecule has 0 fully saturated rings. The summed E-state index contributed by atoms with van der Waals surface area (Å²) in [6, 6.07) is 13.9. The van der Waals surface area contributed by atoms with E-state index in [2.05, 4.69) is 5.32 Å². The highest BCUT2D eigenvalue weighted by atomic mass is 16.5. The van der Waals surface area contributed by atoms with Gasteiger partial charge in [0.05, 0.1) is 7.11 Å². The fourth-order valence-corrected chi connectivity index (χ4v) is 2.22. The summed E-state index contributed by atoms with van der Waals surface area (Å²) in [6.07, 6.45) is 2.11. The van der Waals surface area contributed by atoms with Crippen molar-refractivity contribution in [1.29, 1.82) is 5.26 Å². The van der Waals surface area contributed by atoms with Crippen LogP contribution in [0.2, 0.25) is 0 Å². The number of methoxy groups -OCH3 is 1. The average molecular weight is 322 g/mol. The zero-order valence-electron chi connectivity index (χ0n) is 13.5. The van der Waals surface area contributed by atoms with Gasteiger partial charge in [-0.2, -0.15) is 5.26 Å². The van der Waals surface area contributed by atoms with Crippen LogP contribution in [-0.2, 0) is 11.2 Å². The summed E-state index contributed by atoms with van der Waals surface area (Å²) in [5.41, 5.74) is 1.92. The van der Waals surface area contributed by atoms with E-state index < -0.39 is 5.91 Å². The number of nitrogens with zero attached hydrogens (tertiary/aromatic N) is 1. The molecule has 0 atom stereocenters. The van der Waals surface area contributed by atoms with Gasteiger partial charge in [0, 0.05) is 17.3 Å². The van der Waals surface area contributed by atoms with Crippen molar-refractivity contribution < 1.29 is 14.6 Å². The van der Waals surface area contributed by atoms with Crippen molar-refractivity contribution in [3.05, 3.63) is 59.2 Å². The number of carbonyl (C=O) groups is 1. The summed E-state index contributed by atoms with van der Waals surface area (Å²) < 4.78 is 5.01. The molecule has 0 aromatic heterocycles. The Hall–Kier alpha value is -3.26. The number of nitriles is 1. The van der Waals surface area contributed by atoms with E-state index in [1.807, 2.05) is 31.2 Å². The maximum Gasteiger partial charge on any atom is 0.266 e. The number of phenolic OH excluding ortho intramolecular Hbond substituents is 1. The Morgan fingerprint density at radius 3 is 2.71 bits per heavy atom. The third-order valence-corrected chi connectivity index (χ3v) is 3.55. The smallest absolute Gasteiger partial charge is 0.266 e. The highest BCUT2D eigenvalue weighted by molar-refractivity contribution is 6.10. The summed E-state index contributed by atoms with van der Waals surface area (Å²) >= 11 is 0. The van der Waals surface area contributed by atoms with E-state index in [4.69, 9.17) is 4.74 Å². The Morgan fingerprint density at radius 1 is 1.33 bits per heavy atom. The molecule has 2 aromatic rings. The van der Waals surface area contributed by atoms with E-state index in [9.17, 15) is 15.2 Å². The van der Waals surface area contributed by atoms with Crippen molar-refractivity contribution >= 4 is 17.7 Å². The summed E-state index contributed by atoms with van der Waals surface area (Å²) in [7, 11) is 1.49. The molecule has 0 spiro atoms. The number of nitrogens with one attached hydrogen (secondary N) is 1. The number of aryl methyl sites for hydroxylation is 1. The maximum absolute atomic E-state index is 12.3. The highest BCUT2D eigenvalue weighted by Crippen LogP contribution is 2.25. The maximum atomic E-state index is 12.3. The molecule has 0 saturated heterocycles. The lowest BCUT2D eigenvalue weighted by Crippen LogP contribution is -2.14. The lowest BCUT2D eigenvalue weighted by Gasteiger charge is -2.09. The Balaban J connectivity index is 2.28. The first kappa shape index (κ1) is 17.1. The predicted molar refractivity (Wildman–Crippen MR) is 92.7 cm³/mol. The SMILES string of the molecule is CCc1ccccc1NC(=O)/C(C#N)=C/c1ccc(OC)cc1O. The third-order valence-electron chi connectivity index (χ3n) is 3.55. The van der Waals surface area contributed by atoms with Crippen LogP contribution in [0.3, 0.4) is 0 Å². The molecule has 24 heavy (non-hydrogen) atoms. The standard InChI is InChI=1S/C19H18N2O3/c1-3-13-6-4-5-7-17(13)21-19(23)15(12-20)10-14-8-9-16(24-2)11-18(14)22/h4-11,22H,3H2,1-2H3,(H,21,23)/b15-10+. The number of rotatable bonds is 5. The monoisotopic (exact) mass is 322 g/mol. The van der Waals surface area contributed by atoms with Gasteiger partial charge in [-0.1, -0.05) is 25.1 Å². The van der Waals surface area contributed by atoms with Gasteiger partial charge in [0.1, 0.15) is 23.1 Å². The van der Waals surface area contributed by atoms with E-state index in [0.29, 0.717) is 17.0 Å². The molecule has 0 bridgehead atoms. The van der Waals surface area contributed by atoms with Crippen molar-refractivity contribution in [2.45, 2.75) is 13.3 Å². The number of benzene rings is 2. The number of hydrogen-bond acceptors (Lipinski definition) is 4. The number of anilines is 1.